The van der Waals surface area contributed by atoms with Gasteiger partial charge in [0.05, 0.1) is 7.11 Å². The highest BCUT2D eigenvalue weighted by Gasteiger charge is 2.28. The summed E-state index contributed by atoms with van der Waals surface area (Å²) >= 11 is 0. The second kappa shape index (κ2) is 8.61. The number of hydrogen-bond donors (Lipinski definition) is 0. The van der Waals surface area contributed by atoms with E-state index >= 15 is 0 Å². The number of benzene rings is 2. The lowest BCUT2D eigenvalue weighted by molar-refractivity contribution is -0.139. The van der Waals surface area contributed by atoms with Crippen molar-refractivity contribution < 1.29 is 14.3 Å². The zero-order valence-corrected chi connectivity index (χ0v) is 15.4. The fourth-order valence-corrected chi connectivity index (χ4v) is 3.21. The first kappa shape index (κ1) is 18.1. The minimum Gasteiger partial charge on any atom is -0.493 e. The molecule has 138 valence electrons. The summed E-state index contributed by atoms with van der Waals surface area (Å²) in [7, 11) is 1.60. The molecule has 0 saturated carbocycles. The van der Waals surface area contributed by atoms with Crippen molar-refractivity contribution in [3.8, 4) is 11.5 Å². The molecule has 5 nitrogen and oxygen atoms in total. The Hall–Kier alpha value is -2.69. The van der Waals surface area contributed by atoms with Gasteiger partial charge >= 0.3 is 0 Å². The summed E-state index contributed by atoms with van der Waals surface area (Å²) in [5.41, 5.74) is 1.21. The summed E-state index contributed by atoms with van der Waals surface area (Å²) in [6, 6.07) is 17.8. The van der Waals surface area contributed by atoms with Gasteiger partial charge in [0.1, 0.15) is 0 Å². The van der Waals surface area contributed by atoms with Gasteiger partial charge in [0.25, 0.3) is 5.91 Å². The number of carbonyl (C=O) groups is 1. The Balaban J connectivity index is 1.61. The molecule has 0 N–H and O–H groups in total. The van der Waals surface area contributed by atoms with Gasteiger partial charge in [-0.1, -0.05) is 37.3 Å². The van der Waals surface area contributed by atoms with Crippen LogP contribution < -0.4 is 14.4 Å². The van der Waals surface area contributed by atoms with Gasteiger partial charge in [-0.25, -0.2) is 0 Å². The molecular formula is C21H26N2O3. The molecular weight excluding hydrogens is 328 g/mol. The number of anilines is 1. The lowest BCUT2D eigenvalue weighted by atomic mass is 10.2. The molecule has 26 heavy (non-hydrogen) atoms. The molecule has 1 saturated heterocycles. The number of methoxy groups -OCH3 is 1. The fourth-order valence-electron chi connectivity index (χ4n) is 3.21. The van der Waals surface area contributed by atoms with E-state index in [1.807, 2.05) is 54.3 Å². The Morgan fingerprint density at radius 1 is 0.962 bits per heavy atom. The van der Waals surface area contributed by atoms with E-state index in [2.05, 4.69) is 17.0 Å². The van der Waals surface area contributed by atoms with Crippen molar-refractivity contribution in [2.24, 2.45) is 0 Å². The van der Waals surface area contributed by atoms with Crippen molar-refractivity contribution in [1.29, 1.82) is 0 Å². The molecule has 5 heteroatoms. The zero-order chi connectivity index (χ0) is 18.4. The summed E-state index contributed by atoms with van der Waals surface area (Å²) in [6.45, 7) is 5.05. The number of piperazine rings is 1. The van der Waals surface area contributed by atoms with Crippen LogP contribution in [0.15, 0.2) is 54.6 Å². The first-order valence-corrected chi connectivity index (χ1v) is 9.11. The van der Waals surface area contributed by atoms with Gasteiger partial charge in [-0.05, 0) is 30.7 Å². The average molecular weight is 354 g/mol. The van der Waals surface area contributed by atoms with Crippen LogP contribution in [0.3, 0.4) is 0 Å². The maximum Gasteiger partial charge on any atom is 0.263 e. The minimum absolute atomic E-state index is 0.0473. The maximum atomic E-state index is 12.9. The second-order valence-electron chi connectivity index (χ2n) is 6.31. The molecule has 2 aromatic rings. The Morgan fingerprint density at radius 2 is 1.58 bits per heavy atom. The molecule has 1 amide bonds. The Kier molecular flexibility index (Phi) is 6.00. The number of hydrogen-bond acceptors (Lipinski definition) is 4. The minimum atomic E-state index is -0.491. The van der Waals surface area contributed by atoms with Crippen molar-refractivity contribution >= 4 is 11.6 Å². The van der Waals surface area contributed by atoms with Crippen LogP contribution in [0.1, 0.15) is 13.3 Å². The van der Waals surface area contributed by atoms with Crippen LogP contribution in [0, 0.1) is 0 Å². The van der Waals surface area contributed by atoms with Crippen molar-refractivity contribution in [1.82, 2.24) is 4.90 Å². The van der Waals surface area contributed by atoms with Crippen LogP contribution in [0.5, 0.6) is 11.5 Å². The smallest absolute Gasteiger partial charge is 0.263 e. The van der Waals surface area contributed by atoms with Crippen LogP contribution in [-0.4, -0.2) is 50.2 Å². The molecule has 1 aliphatic rings. The highest BCUT2D eigenvalue weighted by Crippen LogP contribution is 2.28. The van der Waals surface area contributed by atoms with Gasteiger partial charge in [-0.3, -0.25) is 4.79 Å². The molecule has 1 atom stereocenters. The number of ether oxygens (including phenoxy) is 2. The van der Waals surface area contributed by atoms with E-state index in [9.17, 15) is 4.79 Å². The van der Waals surface area contributed by atoms with E-state index in [0.29, 0.717) is 31.0 Å². The topological polar surface area (TPSA) is 42.0 Å². The molecule has 0 bridgehead atoms. The maximum absolute atomic E-state index is 12.9. The Labute approximate surface area is 155 Å². The van der Waals surface area contributed by atoms with Gasteiger partial charge < -0.3 is 19.3 Å². The third kappa shape index (κ3) is 4.10. The molecule has 1 aliphatic heterocycles. The number of rotatable bonds is 6. The summed E-state index contributed by atoms with van der Waals surface area (Å²) in [6.07, 6.45) is 0.130. The van der Waals surface area contributed by atoms with Gasteiger partial charge in [0.2, 0.25) is 0 Å². The van der Waals surface area contributed by atoms with E-state index in [1.54, 1.807) is 7.11 Å². The van der Waals surface area contributed by atoms with E-state index in [0.717, 1.165) is 13.1 Å². The lowest BCUT2D eigenvalue weighted by Gasteiger charge is -2.37. The lowest BCUT2D eigenvalue weighted by Crippen LogP contribution is -2.52. The molecule has 0 spiro atoms. The zero-order valence-electron chi connectivity index (χ0n) is 15.4. The van der Waals surface area contributed by atoms with Crippen molar-refractivity contribution in [2.45, 2.75) is 19.4 Å². The monoisotopic (exact) mass is 354 g/mol. The van der Waals surface area contributed by atoms with Gasteiger partial charge in [-0.15, -0.1) is 0 Å². The number of carbonyl (C=O) groups excluding carboxylic acids is 1. The summed E-state index contributed by atoms with van der Waals surface area (Å²) < 4.78 is 11.3. The van der Waals surface area contributed by atoms with Crippen molar-refractivity contribution in [2.75, 3.05) is 38.2 Å². The molecule has 1 heterocycles. The number of amides is 1. The van der Waals surface area contributed by atoms with Crippen LogP contribution in [0.2, 0.25) is 0 Å². The third-order valence-corrected chi connectivity index (χ3v) is 4.70. The SMILES string of the molecule is CC[C@@H](Oc1ccccc1OC)C(=O)N1CCN(c2ccccc2)CC1. The van der Waals surface area contributed by atoms with E-state index in [-0.39, 0.29) is 5.91 Å². The Morgan fingerprint density at radius 3 is 2.19 bits per heavy atom. The molecule has 0 radical (unpaired) electrons. The highest BCUT2D eigenvalue weighted by atomic mass is 16.5. The van der Waals surface area contributed by atoms with Gasteiger partial charge in [0.15, 0.2) is 17.6 Å². The predicted octanol–water partition coefficient (Wildman–Crippen LogP) is 3.20. The fraction of sp³-hybridized carbons (Fsp3) is 0.381. The average Bonchev–Trinajstić information content (AvgIpc) is 2.72. The van der Waals surface area contributed by atoms with E-state index in [1.165, 1.54) is 5.69 Å². The van der Waals surface area contributed by atoms with E-state index < -0.39 is 6.10 Å². The van der Waals surface area contributed by atoms with Crippen LogP contribution in [-0.2, 0) is 4.79 Å². The van der Waals surface area contributed by atoms with Crippen LogP contribution in [0.4, 0.5) is 5.69 Å². The Bertz CT molecular complexity index is 712. The first-order valence-electron chi connectivity index (χ1n) is 9.11. The molecule has 1 fully saturated rings. The number of nitrogens with zero attached hydrogens (tertiary/aromatic N) is 2. The van der Waals surface area contributed by atoms with Crippen LogP contribution >= 0.6 is 0 Å². The third-order valence-electron chi connectivity index (χ3n) is 4.70. The molecule has 3 rings (SSSR count). The summed E-state index contributed by atoms with van der Waals surface area (Å²) in [4.78, 5) is 17.1. The van der Waals surface area contributed by atoms with Gasteiger partial charge in [0, 0.05) is 31.9 Å². The molecule has 0 aromatic heterocycles. The molecule has 0 aliphatic carbocycles. The molecule has 2 aromatic carbocycles. The van der Waals surface area contributed by atoms with Crippen LogP contribution in [0.25, 0.3) is 0 Å². The molecule has 0 unspecified atom stereocenters. The van der Waals surface area contributed by atoms with E-state index in [4.69, 9.17) is 9.47 Å². The normalized spacial score (nSPS) is 15.5. The largest absolute Gasteiger partial charge is 0.493 e. The van der Waals surface area contributed by atoms with Gasteiger partial charge in [-0.2, -0.15) is 0 Å². The predicted molar refractivity (Wildman–Crippen MR) is 103 cm³/mol. The second-order valence-corrected chi connectivity index (χ2v) is 6.31. The number of para-hydroxylation sites is 3. The van der Waals surface area contributed by atoms with Crippen molar-refractivity contribution in [3.63, 3.8) is 0 Å². The highest BCUT2D eigenvalue weighted by molar-refractivity contribution is 5.81. The van der Waals surface area contributed by atoms with Crippen molar-refractivity contribution in [3.05, 3.63) is 54.6 Å². The standard InChI is InChI=1S/C21H26N2O3/c1-3-18(26-20-12-8-7-11-19(20)25-2)21(24)23-15-13-22(14-16-23)17-9-5-4-6-10-17/h4-12,18H,3,13-16H2,1-2H3/t18-/m1/s1. The summed E-state index contributed by atoms with van der Waals surface area (Å²) in [5.74, 6) is 1.30. The quantitative estimate of drug-likeness (QED) is 0.799. The summed E-state index contributed by atoms with van der Waals surface area (Å²) in [5, 5.41) is 0. The first-order chi connectivity index (χ1) is 12.7.